The monoisotopic (exact) mass is 257 g/mol. The van der Waals surface area contributed by atoms with Crippen LogP contribution in [0, 0.1) is 0 Å². The number of hydrogen-bond donors (Lipinski definition) is 1. The van der Waals surface area contributed by atoms with Crippen molar-refractivity contribution in [3.8, 4) is 0 Å². The van der Waals surface area contributed by atoms with Crippen molar-refractivity contribution in [1.82, 2.24) is 14.5 Å². The molecule has 0 atom stereocenters. The number of aliphatic carboxylic acids is 1. The van der Waals surface area contributed by atoms with Gasteiger partial charge in [-0.05, 0) is 20.9 Å². The van der Waals surface area contributed by atoms with Gasteiger partial charge in [0.05, 0.1) is 5.75 Å². The molecule has 0 saturated heterocycles. The summed E-state index contributed by atoms with van der Waals surface area (Å²) in [4.78, 5) is 16.9. The van der Waals surface area contributed by atoms with Gasteiger partial charge < -0.3 is 14.6 Å². The first-order valence-electron chi connectivity index (χ1n) is 5.56. The lowest BCUT2D eigenvalue weighted by Gasteiger charge is -2.21. The molecule has 1 rings (SSSR count). The van der Waals surface area contributed by atoms with Crippen LogP contribution in [0.3, 0.4) is 0 Å². The predicted molar refractivity (Wildman–Crippen MR) is 68.4 cm³/mol. The summed E-state index contributed by atoms with van der Waals surface area (Å²) in [6, 6.07) is 0.508. The first kappa shape index (κ1) is 14.1. The highest BCUT2D eigenvalue weighted by molar-refractivity contribution is 7.99. The topological polar surface area (TPSA) is 58.4 Å². The van der Waals surface area contributed by atoms with Gasteiger partial charge in [-0.2, -0.15) is 0 Å². The van der Waals surface area contributed by atoms with Crippen LogP contribution in [-0.4, -0.2) is 50.9 Å². The lowest BCUT2D eigenvalue weighted by atomic mass is 10.3. The molecule has 6 heteroatoms. The maximum atomic E-state index is 10.5. The number of carboxylic acid groups (broad SMARTS) is 1. The molecule has 17 heavy (non-hydrogen) atoms. The normalized spacial score (nSPS) is 11.4. The van der Waals surface area contributed by atoms with Crippen LogP contribution in [0.1, 0.15) is 13.8 Å². The van der Waals surface area contributed by atoms with Crippen LogP contribution in [0.5, 0.6) is 0 Å². The van der Waals surface area contributed by atoms with E-state index in [0.717, 1.165) is 18.2 Å². The summed E-state index contributed by atoms with van der Waals surface area (Å²) in [5.74, 6) is -0.763. The minimum Gasteiger partial charge on any atom is -0.481 e. The molecule has 0 saturated carbocycles. The van der Waals surface area contributed by atoms with Gasteiger partial charge in [-0.3, -0.25) is 4.79 Å². The van der Waals surface area contributed by atoms with E-state index >= 15 is 0 Å². The highest BCUT2D eigenvalue weighted by Gasteiger charge is 2.08. The molecule has 0 aliphatic rings. The molecule has 0 radical (unpaired) electrons. The molecule has 0 bridgehead atoms. The summed E-state index contributed by atoms with van der Waals surface area (Å²) in [5.41, 5.74) is 0. The number of aromatic nitrogens is 2. The molecule has 0 aliphatic carbocycles. The quantitative estimate of drug-likeness (QED) is 0.748. The molecule has 1 aromatic heterocycles. The summed E-state index contributed by atoms with van der Waals surface area (Å²) >= 11 is 1.26. The number of likely N-dealkylation sites (N-methyl/N-ethyl adjacent to an activating group) is 1. The molecule has 0 aromatic carbocycles. The van der Waals surface area contributed by atoms with Gasteiger partial charge in [0, 0.05) is 31.5 Å². The molecule has 1 aromatic rings. The summed E-state index contributed by atoms with van der Waals surface area (Å²) in [5, 5.41) is 9.40. The number of carbonyl (C=O) groups is 1. The van der Waals surface area contributed by atoms with Crippen LogP contribution in [0.4, 0.5) is 0 Å². The van der Waals surface area contributed by atoms with Crippen molar-refractivity contribution >= 4 is 17.7 Å². The number of imidazole rings is 1. The summed E-state index contributed by atoms with van der Waals surface area (Å²) in [6.07, 6.45) is 3.60. The fraction of sp³-hybridized carbons (Fsp3) is 0.636. The number of hydrogen-bond acceptors (Lipinski definition) is 4. The third-order valence-electron chi connectivity index (χ3n) is 2.58. The second-order valence-electron chi connectivity index (χ2n) is 4.16. The Hall–Kier alpha value is -1.01. The Morgan fingerprint density at radius 2 is 2.35 bits per heavy atom. The molecule has 0 spiro atoms. The smallest absolute Gasteiger partial charge is 0.313 e. The highest BCUT2D eigenvalue weighted by Crippen LogP contribution is 2.15. The van der Waals surface area contributed by atoms with E-state index in [1.165, 1.54) is 11.8 Å². The van der Waals surface area contributed by atoms with Gasteiger partial charge >= 0.3 is 5.97 Å². The second-order valence-corrected chi connectivity index (χ2v) is 5.10. The third kappa shape index (κ3) is 4.79. The third-order valence-corrected chi connectivity index (χ3v) is 3.57. The molecule has 96 valence electrons. The average molecular weight is 257 g/mol. The lowest BCUT2D eigenvalue weighted by Crippen LogP contribution is -2.29. The van der Waals surface area contributed by atoms with Gasteiger partial charge in [0.25, 0.3) is 0 Å². The molecule has 5 nitrogen and oxygen atoms in total. The van der Waals surface area contributed by atoms with Crippen molar-refractivity contribution in [3.63, 3.8) is 0 Å². The Morgan fingerprint density at radius 1 is 1.65 bits per heavy atom. The zero-order valence-electron chi connectivity index (χ0n) is 10.5. The van der Waals surface area contributed by atoms with Crippen LogP contribution in [0.2, 0.25) is 0 Å². The van der Waals surface area contributed by atoms with E-state index in [4.69, 9.17) is 5.11 Å². The zero-order valence-corrected chi connectivity index (χ0v) is 11.3. The summed E-state index contributed by atoms with van der Waals surface area (Å²) in [7, 11) is 2.08. The Bertz CT molecular complexity index is 365. The first-order chi connectivity index (χ1) is 8.00. The number of carboxylic acids is 1. The molecule has 1 heterocycles. The van der Waals surface area contributed by atoms with E-state index in [9.17, 15) is 4.79 Å². The van der Waals surface area contributed by atoms with Gasteiger partial charge in [-0.15, -0.1) is 0 Å². The van der Waals surface area contributed by atoms with Gasteiger partial charge in [-0.25, -0.2) is 4.98 Å². The zero-order chi connectivity index (χ0) is 12.8. The van der Waals surface area contributed by atoms with Gasteiger partial charge in [0.2, 0.25) is 0 Å². The van der Waals surface area contributed by atoms with Crippen molar-refractivity contribution in [2.24, 2.45) is 0 Å². The van der Waals surface area contributed by atoms with Crippen LogP contribution in [-0.2, 0) is 11.3 Å². The first-order valence-corrected chi connectivity index (χ1v) is 6.55. The average Bonchev–Trinajstić information content (AvgIpc) is 2.70. The number of nitrogens with zero attached hydrogens (tertiary/aromatic N) is 3. The second kappa shape index (κ2) is 6.66. The summed E-state index contributed by atoms with van der Waals surface area (Å²) < 4.78 is 1.99. The molecule has 0 amide bonds. The van der Waals surface area contributed by atoms with Gasteiger partial charge in [-0.1, -0.05) is 11.8 Å². The van der Waals surface area contributed by atoms with E-state index in [1.807, 2.05) is 10.8 Å². The minimum atomic E-state index is -0.816. The fourth-order valence-corrected chi connectivity index (χ4v) is 1.96. The van der Waals surface area contributed by atoms with E-state index in [-0.39, 0.29) is 5.75 Å². The SMILES string of the molecule is CC(C)N(C)CCn1ccnc1SCC(=O)O. The molecular formula is C11H19N3O2S. The van der Waals surface area contributed by atoms with Crippen LogP contribution in [0.25, 0.3) is 0 Å². The molecule has 1 N–H and O–H groups in total. The van der Waals surface area contributed by atoms with Crippen molar-refractivity contribution < 1.29 is 9.90 Å². The Balaban J connectivity index is 2.48. The Kier molecular flexibility index (Phi) is 5.50. The lowest BCUT2D eigenvalue weighted by molar-refractivity contribution is -0.133. The largest absolute Gasteiger partial charge is 0.481 e. The van der Waals surface area contributed by atoms with Crippen molar-refractivity contribution in [3.05, 3.63) is 12.4 Å². The molecule has 0 fully saturated rings. The van der Waals surface area contributed by atoms with Crippen LogP contribution >= 0.6 is 11.8 Å². The van der Waals surface area contributed by atoms with E-state index in [1.54, 1.807) is 6.20 Å². The molecular weight excluding hydrogens is 238 g/mol. The van der Waals surface area contributed by atoms with Gasteiger partial charge in [0.1, 0.15) is 0 Å². The standard InChI is InChI=1S/C11H19N3O2S/c1-9(2)13(3)6-7-14-5-4-12-11(14)17-8-10(15)16/h4-5,9H,6-8H2,1-3H3,(H,15,16). The van der Waals surface area contributed by atoms with E-state index in [2.05, 4.69) is 30.8 Å². The Labute approximate surface area is 106 Å². The highest BCUT2D eigenvalue weighted by atomic mass is 32.2. The van der Waals surface area contributed by atoms with Crippen LogP contribution < -0.4 is 0 Å². The maximum absolute atomic E-state index is 10.5. The number of thioether (sulfide) groups is 1. The van der Waals surface area contributed by atoms with Crippen LogP contribution in [0.15, 0.2) is 17.6 Å². The van der Waals surface area contributed by atoms with Crippen molar-refractivity contribution in [2.45, 2.75) is 31.6 Å². The Morgan fingerprint density at radius 3 is 2.94 bits per heavy atom. The molecule has 0 aliphatic heterocycles. The number of rotatable bonds is 7. The fourth-order valence-electron chi connectivity index (χ4n) is 1.26. The van der Waals surface area contributed by atoms with Crippen molar-refractivity contribution in [2.75, 3.05) is 19.3 Å². The van der Waals surface area contributed by atoms with Crippen molar-refractivity contribution in [1.29, 1.82) is 0 Å². The van der Waals surface area contributed by atoms with Gasteiger partial charge in [0.15, 0.2) is 5.16 Å². The maximum Gasteiger partial charge on any atom is 0.313 e. The molecule has 0 unspecified atom stereocenters. The minimum absolute atomic E-state index is 0.0526. The summed E-state index contributed by atoms with van der Waals surface area (Å²) in [6.45, 7) is 6.05. The van der Waals surface area contributed by atoms with E-state index < -0.39 is 5.97 Å². The van der Waals surface area contributed by atoms with E-state index in [0.29, 0.717) is 6.04 Å². The predicted octanol–water partition coefficient (Wildman–Crippen LogP) is 1.40.